The van der Waals surface area contributed by atoms with Crippen molar-refractivity contribution in [2.24, 2.45) is 5.73 Å². The van der Waals surface area contributed by atoms with Crippen molar-refractivity contribution < 1.29 is 18.7 Å². The van der Waals surface area contributed by atoms with Gasteiger partial charge in [-0.15, -0.1) is 12.4 Å². The third-order valence-electron chi connectivity index (χ3n) is 3.06. The van der Waals surface area contributed by atoms with E-state index in [0.29, 0.717) is 11.1 Å². The van der Waals surface area contributed by atoms with Crippen LogP contribution in [0.4, 0.5) is 8.78 Å². The van der Waals surface area contributed by atoms with Crippen LogP contribution in [0.2, 0.25) is 0 Å². The Morgan fingerprint density at radius 2 is 1.43 bits per heavy atom. The molecule has 0 fully saturated rings. The van der Waals surface area contributed by atoms with Gasteiger partial charge in [-0.2, -0.15) is 0 Å². The molecule has 2 aromatic rings. The molecule has 0 amide bonds. The molecular formula is C15H14ClF2NO2. The van der Waals surface area contributed by atoms with Crippen molar-refractivity contribution in [1.29, 1.82) is 0 Å². The van der Waals surface area contributed by atoms with Crippen molar-refractivity contribution in [3.05, 3.63) is 71.3 Å². The lowest BCUT2D eigenvalue weighted by Crippen LogP contribution is -2.37. The SMILES string of the molecule is Cl.N[C@H](C(=O)O)C(c1cccc(F)c1)c1cccc(F)c1. The molecule has 21 heavy (non-hydrogen) atoms. The number of nitrogens with two attached hydrogens (primary N) is 1. The summed E-state index contributed by atoms with van der Waals surface area (Å²) in [5.41, 5.74) is 6.47. The summed E-state index contributed by atoms with van der Waals surface area (Å²) in [6.45, 7) is 0. The Labute approximate surface area is 126 Å². The third-order valence-corrected chi connectivity index (χ3v) is 3.06. The van der Waals surface area contributed by atoms with E-state index in [1.165, 1.54) is 36.4 Å². The summed E-state index contributed by atoms with van der Waals surface area (Å²) in [4.78, 5) is 11.1. The van der Waals surface area contributed by atoms with Crippen LogP contribution in [0.15, 0.2) is 48.5 Å². The van der Waals surface area contributed by atoms with Crippen molar-refractivity contribution in [3.63, 3.8) is 0 Å². The van der Waals surface area contributed by atoms with Gasteiger partial charge in [-0.3, -0.25) is 4.79 Å². The van der Waals surface area contributed by atoms with Crippen LogP contribution in [0.3, 0.4) is 0 Å². The van der Waals surface area contributed by atoms with E-state index in [2.05, 4.69) is 0 Å². The van der Waals surface area contributed by atoms with Crippen LogP contribution in [0.25, 0.3) is 0 Å². The average molecular weight is 314 g/mol. The second kappa shape index (κ2) is 7.15. The Morgan fingerprint density at radius 3 is 1.76 bits per heavy atom. The first-order valence-electron chi connectivity index (χ1n) is 5.98. The summed E-state index contributed by atoms with van der Waals surface area (Å²) in [6.07, 6.45) is 0. The zero-order chi connectivity index (χ0) is 14.7. The molecular weight excluding hydrogens is 300 g/mol. The highest BCUT2D eigenvalue weighted by atomic mass is 35.5. The van der Waals surface area contributed by atoms with Crippen molar-refractivity contribution in [1.82, 2.24) is 0 Å². The minimum absolute atomic E-state index is 0. The number of benzene rings is 2. The molecule has 0 unspecified atom stereocenters. The van der Waals surface area contributed by atoms with Crippen LogP contribution in [-0.2, 0) is 4.79 Å². The van der Waals surface area contributed by atoms with Gasteiger partial charge in [0.15, 0.2) is 0 Å². The molecule has 0 radical (unpaired) electrons. The largest absolute Gasteiger partial charge is 0.480 e. The summed E-state index contributed by atoms with van der Waals surface area (Å²) < 4.78 is 26.6. The Morgan fingerprint density at radius 1 is 1.00 bits per heavy atom. The highest BCUT2D eigenvalue weighted by molar-refractivity contribution is 5.85. The topological polar surface area (TPSA) is 63.3 Å². The van der Waals surface area contributed by atoms with Crippen LogP contribution in [0.1, 0.15) is 17.0 Å². The number of carboxylic acid groups (broad SMARTS) is 1. The zero-order valence-electron chi connectivity index (χ0n) is 10.9. The molecule has 0 saturated heterocycles. The number of hydrogen-bond acceptors (Lipinski definition) is 2. The quantitative estimate of drug-likeness (QED) is 0.912. The van der Waals surface area contributed by atoms with Gasteiger partial charge in [-0.25, -0.2) is 8.78 Å². The molecule has 3 N–H and O–H groups in total. The molecule has 2 rings (SSSR count). The minimum Gasteiger partial charge on any atom is -0.480 e. The fourth-order valence-electron chi connectivity index (χ4n) is 2.15. The number of hydrogen-bond donors (Lipinski definition) is 2. The highest BCUT2D eigenvalue weighted by Gasteiger charge is 2.28. The van der Waals surface area contributed by atoms with E-state index < -0.39 is 29.6 Å². The summed E-state index contributed by atoms with van der Waals surface area (Å²) in [5.74, 6) is -3.05. The van der Waals surface area contributed by atoms with Crippen LogP contribution in [0.5, 0.6) is 0 Å². The van der Waals surface area contributed by atoms with Crippen molar-refractivity contribution in [2.45, 2.75) is 12.0 Å². The predicted molar refractivity (Wildman–Crippen MR) is 77.5 cm³/mol. The van der Waals surface area contributed by atoms with Gasteiger partial charge in [-0.1, -0.05) is 24.3 Å². The summed E-state index contributed by atoms with van der Waals surface area (Å²) in [7, 11) is 0. The Balaban J connectivity index is 0.00000220. The summed E-state index contributed by atoms with van der Waals surface area (Å²) in [5, 5.41) is 9.10. The molecule has 112 valence electrons. The van der Waals surface area contributed by atoms with Gasteiger partial charge in [0.2, 0.25) is 0 Å². The van der Waals surface area contributed by atoms with Gasteiger partial charge in [0.05, 0.1) is 0 Å². The first kappa shape index (κ1) is 17.1. The number of halogens is 3. The van der Waals surface area contributed by atoms with Gasteiger partial charge < -0.3 is 10.8 Å². The van der Waals surface area contributed by atoms with E-state index in [0.717, 1.165) is 0 Å². The van der Waals surface area contributed by atoms with Crippen LogP contribution < -0.4 is 5.73 Å². The molecule has 0 aliphatic heterocycles. The number of carboxylic acids is 1. The van der Waals surface area contributed by atoms with E-state index in [-0.39, 0.29) is 12.4 Å². The van der Waals surface area contributed by atoms with E-state index in [1.54, 1.807) is 12.1 Å². The van der Waals surface area contributed by atoms with E-state index in [1.807, 2.05) is 0 Å². The number of aliphatic carboxylic acids is 1. The van der Waals surface area contributed by atoms with Crippen molar-refractivity contribution in [2.75, 3.05) is 0 Å². The molecule has 0 saturated carbocycles. The lowest BCUT2D eigenvalue weighted by molar-refractivity contribution is -0.138. The maximum absolute atomic E-state index is 13.3. The molecule has 0 aliphatic rings. The molecule has 3 nitrogen and oxygen atoms in total. The molecule has 0 aromatic heterocycles. The van der Waals surface area contributed by atoms with Crippen LogP contribution in [0, 0.1) is 11.6 Å². The fraction of sp³-hybridized carbons (Fsp3) is 0.133. The molecule has 2 aromatic carbocycles. The van der Waals surface area contributed by atoms with Gasteiger partial charge in [0.1, 0.15) is 17.7 Å². The second-order valence-electron chi connectivity index (χ2n) is 4.45. The van der Waals surface area contributed by atoms with Gasteiger partial charge in [0, 0.05) is 5.92 Å². The summed E-state index contributed by atoms with van der Waals surface area (Å²) >= 11 is 0. The highest BCUT2D eigenvalue weighted by Crippen LogP contribution is 2.28. The van der Waals surface area contributed by atoms with Crippen LogP contribution in [-0.4, -0.2) is 17.1 Å². The minimum atomic E-state index is -1.29. The second-order valence-corrected chi connectivity index (χ2v) is 4.45. The van der Waals surface area contributed by atoms with Crippen molar-refractivity contribution >= 4 is 18.4 Å². The molecule has 0 heterocycles. The average Bonchev–Trinajstić information content (AvgIpc) is 2.39. The monoisotopic (exact) mass is 313 g/mol. The molecule has 0 bridgehead atoms. The third kappa shape index (κ3) is 4.00. The first-order valence-corrected chi connectivity index (χ1v) is 5.98. The molecule has 0 spiro atoms. The molecule has 1 atom stereocenters. The number of rotatable bonds is 4. The van der Waals surface area contributed by atoms with Gasteiger partial charge >= 0.3 is 5.97 Å². The molecule has 6 heteroatoms. The van der Waals surface area contributed by atoms with Gasteiger partial charge in [-0.05, 0) is 35.4 Å². The van der Waals surface area contributed by atoms with Gasteiger partial charge in [0.25, 0.3) is 0 Å². The van der Waals surface area contributed by atoms with E-state index >= 15 is 0 Å². The van der Waals surface area contributed by atoms with Crippen molar-refractivity contribution in [3.8, 4) is 0 Å². The predicted octanol–water partition coefficient (Wildman–Crippen LogP) is 2.93. The lowest BCUT2D eigenvalue weighted by atomic mass is 9.85. The lowest BCUT2D eigenvalue weighted by Gasteiger charge is -2.22. The fourth-order valence-corrected chi connectivity index (χ4v) is 2.15. The first-order chi connectivity index (χ1) is 9.49. The zero-order valence-corrected chi connectivity index (χ0v) is 11.7. The Bertz CT molecular complexity index is 591. The Kier molecular flexibility index (Phi) is 5.81. The van der Waals surface area contributed by atoms with E-state index in [9.17, 15) is 13.6 Å². The normalized spacial score (nSPS) is 11.8. The maximum atomic E-state index is 13.3. The Hall–Kier alpha value is -1.98. The summed E-state index contributed by atoms with van der Waals surface area (Å²) in [6, 6.07) is 9.69. The standard InChI is InChI=1S/C15H13F2NO2.ClH/c16-11-5-1-3-9(7-11)13(14(18)15(19)20)10-4-2-6-12(17)8-10;/h1-8,13-14H,18H2,(H,19,20);1H/t14-;/m0./s1. The number of carbonyl (C=O) groups is 1. The van der Waals surface area contributed by atoms with Crippen LogP contribution >= 0.6 is 12.4 Å². The maximum Gasteiger partial charge on any atom is 0.321 e. The smallest absolute Gasteiger partial charge is 0.321 e. The van der Waals surface area contributed by atoms with E-state index in [4.69, 9.17) is 10.8 Å². The molecule has 0 aliphatic carbocycles.